The molecule has 0 nitrogen and oxygen atoms in total. The first-order valence-electron chi connectivity index (χ1n) is 0.791. The molecule has 0 aromatic carbocycles. The van der Waals surface area contributed by atoms with E-state index in [1.807, 2.05) is 0 Å². The molecule has 0 saturated heterocycles. The SMILES string of the molecule is SC(Cl)(Br)Br. The van der Waals surface area contributed by atoms with Gasteiger partial charge < -0.3 is 0 Å². The molecule has 0 aliphatic rings. The van der Waals surface area contributed by atoms with E-state index in [1.165, 1.54) is 0 Å². The molecule has 0 fully saturated rings. The third kappa shape index (κ3) is 28.3. The number of rotatable bonds is 0. The van der Waals surface area contributed by atoms with Crippen LogP contribution in [0.4, 0.5) is 0 Å². The van der Waals surface area contributed by atoms with E-state index in [9.17, 15) is 0 Å². The van der Waals surface area contributed by atoms with Crippen molar-refractivity contribution >= 4 is 56.1 Å². The lowest BCUT2D eigenvalue weighted by Crippen LogP contribution is -1.78. The summed E-state index contributed by atoms with van der Waals surface area (Å²) < 4.78 is -0.708. The van der Waals surface area contributed by atoms with E-state index >= 15 is 0 Å². The van der Waals surface area contributed by atoms with Crippen LogP contribution in [0.3, 0.4) is 0 Å². The number of thiol groups is 1. The average molecular weight is 240 g/mol. The molecule has 4 heteroatoms. The maximum Gasteiger partial charge on any atom is 0.196 e. The van der Waals surface area contributed by atoms with Crippen LogP contribution in [0.1, 0.15) is 0 Å². The third-order valence-electron chi connectivity index (χ3n) is 0. The number of halogens is 3. The van der Waals surface area contributed by atoms with Gasteiger partial charge in [0.05, 0.1) is 0 Å². The second-order valence-electron chi connectivity index (χ2n) is 0.468. The van der Waals surface area contributed by atoms with Gasteiger partial charge in [-0.25, -0.2) is 0 Å². The van der Waals surface area contributed by atoms with E-state index in [2.05, 4.69) is 44.5 Å². The standard InChI is InChI=1S/CHBr2ClS/c2-1(3,4)5/h5H. The first kappa shape index (κ1) is 6.60. The lowest BCUT2D eigenvalue weighted by molar-refractivity contribution is 2.00. The van der Waals surface area contributed by atoms with Gasteiger partial charge in [0.1, 0.15) is 0 Å². The van der Waals surface area contributed by atoms with Crippen molar-refractivity contribution in [2.75, 3.05) is 0 Å². The van der Waals surface area contributed by atoms with Gasteiger partial charge in [-0.3, -0.25) is 0 Å². The van der Waals surface area contributed by atoms with Crippen molar-refractivity contribution in [3.8, 4) is 0 Å². The summed E-state index contributed by atoms with van der Waals surface area (Å²) in [5.41, 5.74) is 0. The van der Waals surface area contributed by atoms with E-state index in [-0.39, 0.29) is 0 Å². The molecule has 0 radical (unpaired) electrons. The first-order chi connectivity index (χ1) is 2.00. The molecule has 0 N–H and O–H groups in total. The quantitative estimate of drug-likeness (QED) is 0.488. The van der Waals surface area contributed by atoms with Gasteiger partial charge in [-0.2, -0.15) is 0 Å². The molecule has 0 heterocycles. The molecule has 0 aromatic heterocycles. The molecule has 0 bridgehead atoms. The minimum atomic E-state index is -0.708. The molecular formula is CHBr2ClS. The Morgan fingerprint density at radius 1 is 1.60 bits per heavy atom. The second kappa shape index (κ2) is 2.05. The molecule has 0 amide bonds. The molecular weight excluding hydrogens is 239 g/mol. The average Bonchev–Trinajstić information content (AvgIpc) is 0.722. The third-order valence-corrected chi connectivity index (χ3v) is 0. The van der Waals surface area contributed by atoms with Gasteiger partial charge >= 0.3 is 0 Å². The van der Waals surface area contributed by atoms with Crippen LogP contribution in [0.15, 0.2) is 0 Å². The van der Waals surface area contributed by atoms with Gasteiger partial charge in [-0.1, -0.05) is 11.6 Å². The molecule has 0 aromatic rings. The normalized spacial score (nSPS) is 12.0. The Morgan fingerprint density at radius 3 is 1.60 bits per heavy atom. The minimum Gasteiger partial charge on any atom is -0.134 e. The van der Waals surface area contributed by atoms with E-state index in [0.717, 1.165) is 0 Å². The van der Waals surface area contributed by atoms with Gasteiger partial charge in [0.2, 0.25) is 0 Å². The number of hydrogen-bond donors (Lipinski definition) is 1. The van der Waals surface area contributed by atoms with Gasteiger partial charge in [-0.15, -0.1) is 12.6 Å². The summed E-state index contributed by atoms with van der Waals surface area (Å²) in [5.74, 6) is 0. The molecule has 0 rings (SSSR count). The Kier molecular flexibility index (Phi) is 2.71. The Hall–Kier alpha value is 1.60. The van der Waals surface area contributed by atoms with Gasteiger partial charge in [0, 0.05) is 0 Å². The van der Waals surface area contributed by atoms with Crippen molar-refractivity contribution in [2.45, 2.75) is 2.02 Å². The lowest BCUT2D eigenvalue weighted by atomic mass is 11.9. The van der Waals surface area contributed by atoms with Crippen LogP contribution >= 0.6 is 56.1 Å². The van der Waals surface area contributed by atoms with Gasteiger partial charge in [0.15, 0.2) is 2.02 Å². The fraction of sp³-hybridized carbons (Fsp3) is 1.00. The summed E-state index contributed by atoms with van der Waals surface area (Å²) in [5, 5.41) is 0. The molecule has 0 saturated carbocycles. The van der Waals surface area contributed by atoms with Crippen LogP contribution in [-0.2, 0) is 0 Å². The first-order valence-corrected chi connectivity index (χ1v) is 3.20. The summed E-state index contributed by atoms with van der Waals surface area (Å²) in [6.45, 7) is 0. The highest BCUT2D eigenvalue weighted by Crippen LogP contribution is 2.34. The lowest BCUT2D eigenvalue weighted by Gasteiger charge is -1.94. The van der Waals surface area contributed by atoms with Crippen LogP contribution in [0, 0.1) is 0 Å². The monoisotopic (exact) mass is 238 g/mol. The molecule has 0 spiro atoms. The molecule has 0 aliphatic heterocycles. The van der Waals surface area contributed by atoms with Crippen molar-refractivity contribution in [2.24, 2.45) is 0 Å². The highest BCUT2D eigenvalue weighted by atomic mass is 79.9. The van der Waals surface area contributed by atoms with Crippen LogP contribution in [0.25, 0.3) is 0 Å². The van der Waals surface area contributed by atoms with Gasteiger partial charge in [0.25, 0.3) is 0 Å². The molecule has 0 aliphatic carbocycles. The van der Waals surface area contributed by atoms with Crippen molar-refractivity contribution in [1.29, 1.82) is 0 Å². The minimum absolute atomic E-state index is 0.708. The zero-order valence-electron chi connectivity index (χ0n) is 2.08. The number of hydrogen-bond acceptors (Lipinski definition) is 1. The Labute approximate surface area is 57.9 Å². The summed E-state index contributed by atoms with van der Waals surface area (Å²) in [6, 6.07) is 0. The maximum absolute atomic E-state index is 5.23. The molecule has 0 unspecified atom stereocenters. The van der Waals surface area contributed by atoms with Crippen molar-refractivity contribution in [3.05, 3.63) is 0 Å². The predicted octanol–water partition coefficient (Wildman–Crippen LogP) is 2.56. The van der Waals surface area contributed by atoms with Crippen LogP contribution < -0.4 is 0 Å². The summed E-state index contributed by atoms with van der Waals surface area (Å²) >= 11 is 14.8. The Balaban J connectivity index is 3.02. The summed E-state index contributed by atoms with van der Waals surface area (Å²) in [7, 11) is 0. The number of alkyl halides is 3. The van der Waals surface area contributed by atoms with Gasteiger partial charge in [-0.05, 0) is 31.9 Å². The fourth-order valence-corrected chi connectivity index (χ4v) is 0. The topological polar surface area (TPSA) is 0 Å². The highest BCUT2D eigenvalue weighted by molar-refractivity contribution is 9.28. The van der Waals surface area contributed by atoms with Crippen LogP contribution in [-0.4, -0.2) is 2.02 Å². The molecule has 5 heavy (non-hydrogen) atoms. The largest absolute Gasteiger partial charge is 0.196 e. The predicted molar refractivity (Wildman–Crippen MR) is 35.4 cm³/mol. The van der Waals surface area contributed by atoms with Crippen LogP contribution in [0.2, 0.25) is 0 Å². The highest BCUT2D eigenvalue weighted by Gasteiger charge is 2.07. The molecule has 32 valence electrons. The summed E-state index contributed by atoms with van der Waals surface area (Å²) in [6.07, 6.45) is 0. The van der Waals surface area contributed by atoms with Crippen molar-refractivity contribution in [3.63, 3.8) is 0 Å². The zero-order chi connectivity index (χ0) is 4.50. The zero-order valence-corrected chi connectivity index (χ0v) is 6.90. The Bertz CT molecular complexity index is 25.1. The fourth-order valence-electron chi connectivity index (χ4n) is 0. The molecule has 0 atom stereocenters. The smallest absolute Gasteiger partial charge is 0.134 e. The van der Waals surface area contributed by atoms with E-state index < -0.39 is 2.02 Å². The van der Waals surface area contributed by atoms with E-state index in [4.69, 9.17) is 11.6 Å². The van der Waals surface area contributed by atoms with E-state index in [0.29, 0.717) is 0 Å². The van der Waals surface area contributed by atoms with Crippen LogP contribution in [0.5, 0.6) is 0 Å². The maximum atomic E-state index is 5.23. The second-order valence-corrected chi connectivity index (χ2v) is 7.55. The summed E-state index contributed by atoms with van der Waals surface area (Å²) in [4.78, 5) is 0. The van der Waals surface area contributed by atoms with Crippen molar-refractivity contribution in [1.82, 2.24) is 0 Å². The Morgan fingerprint density at radius 2 is 1.60 bits per heavy atom. The van der Waals surface area contributed by atoms with Crippen molar-refractivity contribution < 1.29 is 0 Å². The van der Waals surface area contributed by atoms with E-state index in [1.54, 1.807) is 0 Å².